The lowest BCUT2D eigenvalue weighted by Gasteiger charge is -2.37. The van der Waals surface area contributed by atoms with Crippen molar-refractivity contribution >= 4 is 12.2 Å². The monoisotopic (exact) mass is 288 g/mol. The number of hydrogen-bond acceptors (Lipinski definition) is 4. The summed E-state index contributed by atoms with van der Waals surface area (Å²) in [7, 11) is 0. The van der Waals surface area contributed by atoms with Gasteiger partial charge in [0, 0.05) is 0 Å². The summed E-state index contributed by atoms with van der Waals surface area (Å²) in [5.41, 5.74) is 1.32. The molecule has 0 unspecified atom stereocenters. The molecule has 0 amide bonds. The van der Waals surface area contributed by atoms with E-state index in [1.807, 2.05) is 26.0 Å². The molecule has 0 fully saturated rings. The van der Waals surface area contributed by atoms with Crippen LogP contribution in [0.25, 0.3) is 0 Å². The van der Waals surface area contributed by atoms with Crippen LogP contribution in [0.5, 0.6) is 0 Å². The Labute approximate surface area is 126 Å². The van der Waals surface area contributed by atoms with E-state index in [2.05, 4.69) is 37.7 Å². The van der Waals surface area contributed by atoms with Gasteiger partial charge in [-0.25, -0.2) is 9.59 Å². The summed E-state index contributed by atoms with van der Waals surface area (Å²) in [6.07, 6.45) is 7.34. The molecule has 0 heterocycles. The molecule has 0 radical (unpaired) electrons. The van der Waals surface area contributed by atoms with Crippen molar-refractivity contribution in [1.29, 1.82) is 0 Å². The van der Waals surface area contributed by atoms with Gasteiger partial charge in [0.15, 0.2) is 0 Å². The molecule has 0 aliphatic heterocycles. The van der Waals surface area contributed by atoms with Gasteiger partial charge in [0.25, 0.3) is 0 Å². The van der Waals surface area contributed by atoms with E-state index in [0.29, 0.717) is 0 Å². The van der Waals surface area contributed by atoms with Crippen LogP contribution >= 0.6 is 0 Å². The Hall–Kier alpha value is -1.76. The maximum absolute atomic E-state index is 10.9. The molecule has 0 aromatic heterocycles. The van der Waals surface area contributed by atoms with Crippen LogP contribution in [-0.4, -0.2) is 23.7 Å². The van der Waals surface area contributed by atoms with Crippen LogP contribution < -0.4 is 0 Å². The fourth-order valence-corrected chi connectivity index (χ4v) is 2.70. The molecular formula is C17H24N2O2. The molecule has 21 heavy (non-hydrogen) atoms. The van der Waals surface area contributed by atoms with Crippen molar-refractivity contribution in [2.45, 2.75) is 53.1 Å². The van der Waals surface area contributed by atoms with Gasteiger partial charge >= 0.3 is 0 Å². The van der Waals surface area contributed by atoms with Gasteiger partial charge in [-0.3, -0.25) is 0 Å². The van der Waals surface area contributed by atoms with Crippen LogP contribution in [0.15, 0.2) is 33.3 Å². The lowest BCUT2D eigenvalue weighted by atomic mass is 9.72. The SMILES string of the molecule is CC(C)C1=CC(N=C=O)(C(C)C)C=C(C(C)C)C1N=C=O. The molecule has 0 spiro atoms. The summed E-state index contributed by atoms with van der Waals surface area (Å²) in [5.74, 6) is 0.520. The van der Waals surface area contributed by atoms with Crippen molar-refractivity contribution < 1.29 is 9.59 Å². The molecule has 0 N–H and O–H groups in total. The third-order valence-corrected chi connectivity index (χ3v) is 4.11. The lowest BCUT2D eigenvalue weighted by molar-refractivity contribution is 0.433. The first-order chi connectivity index (χ1) is 9.79. The second-order valence-corrected chi connectivity index (χ2v) is 6.47. The predicted molar refractivity (Wildman–Crippen MR) is 83.4 cm³/mol. The zero-order valence-electron chi connectivity index (χ0n) is 13.7. The minimum absolute atomic E-state index is 0.114. The second kappa shape index (κ2) is 6.80. The predicted octanol–water partition coefficient (Wildman–Crippen LogP) is 3.60. The minimum atomic E-state index is -0.699. The van der Waals surface area contributed by atoms with Gasteiger partial charge in [-0.15, -0.1) is 0 Å². The zero-order chi connectivity index (χ0) is 16.2. The fourth-order valence-electron chi connectivity index (χ4n) is 2.70. The highest BCUT2D eigenvalue weighted by atomic mass is 16.1. The molecule has 0 atom stereocenters. The maximum atomic E-state index is 10.9. The summed E-state index contributed by atoms with van der Waals surface area (Å²) in [5, 5.41) is 0. The molecule has 0 aromatic carbocycles. The van der Waals surface area contributed by atoms with Crippen molar-refractivity contribution in [2.24, 2.45) is 27.7 Å². The Balaban J connectivity index is 3.62. The number of nitrogens with zero attached hydrogens (tertiary/aromatic N) is 2. The number of aliphatic imine (C=N–C) groups is 2. The van der Waals surface area contributed by atoms with E-state index in [1.54, 1.807) is 12.2 Å². The van der Waals surface area contributed by atoms with Crippen LogP contribution in [-0.2, 0) is 9.59 Å². The zero-order valence-corrected chi connectivity index (χ0v) is 13.7. The minimum Gasteiger partial charge on any atom is -0.211 e. The molecular weight excluding hydrogens is 264 g/mol. The van der Waals surface area contributed by atoms with Crippen LogP contribution in [0.4, 0.5) is 0 Å². The molecule has 0 saturated heterocycles. The first-order valence-electron chi connectivity index (χ1n) is 7.40. The first kappa shape index (κ1) is 17.3. The molecule has 1 aliphatic rings. The fraction of sp³-hybridized carbons (Fsp3) is 0.647. The van der Waals surface area contributed by atoms with E-state index in [4.69, 9.17) is 0 Å². The second-order valence-electron chi connectivity index (χ2n) is 6.47. The highest BCUT2D eigenvalue weighted by Crippen LogP contribution is 2.40. The molecule has 0 bridgehead atoms. The van der Waals surface area contributed by atoms with Gasteiger partial charge in [0.05, 0.1) is 0 Å². The van der Waals surface area contributed by atoms with Crippen molar-refractivity contribution in [3.63, 3.8) is 0 Å². The van der Waals surface area contributed by atoms with E-state index in [9.17, 15) is 9.59 Å². The molecule has 114 valence electrons. The molecule has 0 aromatic rings. The normalized spacial score (nSPS) is 25.3. The highest BCUT2D eigenvalue weighted by molar-refractivity contribution is 5.49. The summed E-state index contributed by atoms with van der Waals surface area (Å²) in [6.45, 7) is 12.3. The summed E-state index contributed by atoms with van der Waals surface area (Å²) in [6, 6.07) is -0.295. The Morgan fingerprint density at radius 2 is 1.43 bits per heavy atom. The highest BCUT2D eigenvalue weighted by Gasteiger charge is 2.38. The Bertz CT molecular complexity index is 517. The van der Waals surface area contributed by atoms with Crippen molar-refractivity contribution in [3.8, 4) is 0 Å². The summed E-state index contributed by atoms with van der Waals surface area (Å²) < 4.78 is 0. The number of isocyanates is 2. The van der Waals surface area contributed by atoms with Gasteiger partial charge in [-0.1, -0.05) is 53.7 Å². The van der Waals surface area contributed by atoms with E-state index in [1.165, 1.54) is 0 Å². The molecule has 4 heteroatoms. The van der Waals surface area contributed by atoms with E-state index >= 15 is 0 Å². The van der Waals surface area contributed by atoms with Gasteiger partial charge < -0.3 is 0 Å². The number of carbonyl (C=O) groups excluding carboxylic acids is 2. The van der Waals surface area contributed by atoms with Gasteiger partial charge in [-0.05, 0) is 28.9 Å². The van der Waals surface area contributed by atoms with Crippen LogP contribution in [0.3, 0.4) is 0 Å². The molecule has 0 saturated carbocycles. The average Bonchev–Trinajstić information content (AvgIpc) is 2.39. The summed E-state index contributed by atoms with van der Waals surface area (Å²) >= 11 is 0. The molecule has 4 nitrogen and oxygen atoms in total. The first-order valence-corrected chi connectivity index (χ1v) is 7.40. The van der Waals surface area contributed by atoms with Crippen molar-refractivity contribution in [1.82, 2.24) is 0 Å². The Morgan fingerprint density at radius 3 is 1.71 bits per heavy atom. The average molecular weight is 288 g/mol. The standard InChI is InChI=1S/C17H24N2O2/c1-11(2)14-7-17(13(5)6,19-10-21)8-15(12(3)4)16(14)18-9-20/h7-8,11-13,16H,1-6H3. The number of rotatable bonds is 5. The maximum Gasteiger partial charge on any atom is 0.236 e. The van der Waals surface area contributed by atoms with Crippen LogP contribution in [0.2, 0.25) is 0 Å². The van der Waals surface area contributed by atoms with Gasteiger partial charge in [0.2, 0.25) is 12.2 Å². The Kier molecular flexibility index (Phi) is 5.60. The molecule has 1 aliphatic carbocycles. The topological polar surface area (TPSA) is 58.9 Å². The largest absolute Gasteiger partial charge is 0.236 e. The quantitative estimate of drug-likeness (QED) is 0.441. The lowest BCUT2D eigenvalue weighted by Crippen LogP contribution is -2.37. The van der Waals surface area contributed by atoms with E-state index in [-0.39, 0.29) is 23.8 Å². The van der Waals surface area contributed by atoms with Crippen LogP contribution in [0, 0.1) is 17.8 Å². The van der Waals surface area contributed by atoms with Crippen molar-refractivity contribution in [2.75, 3.05) is 0 Å². The van der Waals surface area contributed by atoms with Gasteiger partial charge in [0.1, 0.15) is 11.6 Å². The molecule has 1 rings (SSSR count). The van der Waals surface area contributed by atoms with E-state index in [0.717, 1.165) is 11.1 Å². The Morgan fingerprint density at radius 1 is 0.952 bits per heavy atom. The van der Waals surface area contributed by atoms with E-state index < -0.39 is 5.54 Å². The third-order valence-electron chi connectivity index (χ3n) is 4.11. The smallest absolute Gasteiger partial charge is 0.211 e. The number of hydrogen-bond donors (Lipinski definition) is 0. The van der Waals surface area contributed by atoms with Crippen LogP contribution in [0.1, 0.15) is 41.5 Å². The van der Waals surface area contributed by atoms with Gasteiger partial charge in [-0.2, -0.15) is 9.98 Å². The summed E-state index contributed by atoms with van der Waals surface area (Å²) in [4.78, 5) is 29.8. The third kappa shape index (κ3) is 3.47. The van der Waals surface area contributed by atoms with Crippen molar-refractivity contribution in [3.05, 3.63) is 23.3 Å².